The molecule has 1 saturated heterocycles. The lowest BCUT2D eigenvalue weighted by atomic mass is 10.00. The Labute approximate surface area is 116 Å². The van der Waals surface area contributed by atoms with Gasteiger partial charge in [0, 0.05) is 18.1 Å². The molecule has 5 heteroatoms. The molecular weight excluding hydrogens is 294 g/mol. The highest BCUT2D eigenvalue weighted by molar-refractivity contribution is 9.10. The minimum Gasteiger partial charge on any atom is -0.397 e. The normalized spacial score (nSPS) is 19.7. The molecule has 0 radical (unpaired) electrons. The largest absolute Gasteiger partial charge is 0.397 e. The highest BCUT2D eigenvalue weighted by Gasteiger charge is 2.29. The summed E-state index contributed by atoms with van der Waals surface area (Å²) in [7, 11) is 1.68. The van der Waals surface area contributed by atoms with E-state index in [0.717, 1.165) is 36.0 Å². The van der Waals surface area contributed by atoms with Gasteiger partial charge < -0.3 is 16.0 Å². The maximum Gasteiger partial charge on any atom is 0.242 e. The zero-order chi connectivity index (χ0) is 13.1. The van der Waals surface area contributed by atoms with Crippen LogP contribution in [-0.4, -0.2) is 25.5 Å². The molecule has 2 rings (SSSR count). The van der Waals surface area contributed by atoms with Crippen LogP contribution in [0.1, 0.15) is 19.3 Å². The number of nitrogen functional groups attached to an aromatic ring is 1. The van der Waals surface area contributed by atoms with Gasteiger partial charge in [-0.25, -0.2) is 0 Å². The third-order valence-electron chi connectivity index (χ3n) is 3.35. The lowest BCUT2D eigenvalue weighted by Crippen LogP contribution is -2.49. The summed E-state index contributed by atoms with van der Waals surface area (Å²) in [6.07, 6.45) is 3.07. The summed E-state index contributed by atoms with van der Waals surface area (Å²) in [5.74, 6) is 0.0667. The monoisotopic (exact) mass is 311 g/mol. The van der Waals surface area contributed by atoms with Gasteiger partial charge in [-0.15, -0.1) is 0 Å². The van der Waals surface area contributed by atoms with Crippen LogP contribution >= 0.6 is 15.9 Å². The average Bonchev–Trinajstić information content (AvgIpc) is 2.38. The quantitative estimate of drug-likeness (QED) is 0.823. The number of rotatable bonds is 2. The topological polar surface area (TPSA) is 58.4 Å². The Bertz CT molecular complexity index is 450. The SMILES string of the molecule is CNC(=O)C1CCCCN1c1ccc(Br)cc1N. The van der Waals surface area contributed by atoms with E-state index < -0.39 is 0 Å². The van der Waals surface area contributed by atoms with Crippen molar-refractivity contribution in [3.63, 3.8) is 0 Å². The van der Waals surface area contributed by atoms with E-state index >= 15 is 0 Å². The molecule has 0 aliphatic carbocycles. The Morgan fingerprint density at radius 2 is 2.28 bits per heavy atom. The van der Waals surface area contributed by atoms with Crippen LogP contribution in [0.2, 0.25) is 0 Å². The van der Waals surface area contributed by atoms with Crippen molar-refractivity contribution in [1.29, 1.82) is 0 Å². The van der Waals surface area contributed by atoms with Crippen molar-refractivity contribution >= 4 is 33.2 Å². The Morgan fingerprint density at radius 1 is 1.50 bits per heavy atom. The van der Waals surface area contributed by atoms with Gasteiger partial charge in [-0.05, 0) is 37.5 Å². The number of anilines is 2. The molecule has 3 N–H and O–H groups in total. The summed E-state index contributed by atoms with van der Waals surface area (Å²) in [6.45, 7) is 0.879. The number of nitrogens with zero attached hydrogens (tertiary/aromatic N) is 1. The van der Waals surface area contributed by atoms with Gasteiger partial charge >= 0.3 is 0 Å². The number of piperidine rings is 1. The fourth-order valence-corrected chi connectivity index (χ4v) is 2.82. The summed E-state index contributed by atoms with van der Waals surface area (Å²) in [5, 5.41) is 2.73. The van der Waals surface area contributed by atoms with E-state index in [0.29, 0.717) is 5.69 Å². The molecule has 1 aliphatic rings. The molecule has 1 aromatic carbocycles. The lowest BCUT2D eigenvalue weighted by molar-refractivity contribution is -0.122. The molecule has 18 heavy (non-hydrogen) atoms. The number of carbonyl (C=O) groups excluding carboxylic acids is 1. The first kappa shape index (κ1) is 13.2. The first-order valence-electron chi connectivity index (χ1n) is 6.16. The highest BCUT2D eigenvalue weighted by Crippen LogP contribution is 2.31. The molecule has 98 valence electrons. The molecule has 1 amide bonds. The molecule has 1 aliphatic heterocycles. The molecule has 1 atom stereocenters. The van der Waals surface area contributed by atoms with Gasteiger partial charge in [0.05, 0.1) is 11.4 Å². The van der Waals surface area contributed by atoms with Crippen molar-refractivity contribution in [2.45, 2.75) is 25.3 Å². The number of carbonyl (C=O) groups is 1. The van der Waals surface area contributed by atoms with Gasteiger partial charge in [-0.3, -0.25) is 4.79 Å². The minimum atomic E-state index is -0.104. The Kier molecular flexibility index (Phi) is 4.11. The number of hydrogen-bond donors (Lipinski definition) is 2. The van der Waals surface area contributed by atoms with Gasteiger partial charge in [0.15, 0.2) is 0 Å². The molecule has 0 aromatic heterocycles. The zero-order valence-electron chi connectivity index (χ0n) is 10.4. The number of hydrogen-bond acceptors (Lipinski definition) is 3. The van der Waals surface area contributed by atoms with Crippen LogP contribution in [-0.2, 0) is 4.79 Å². The van der Waals surface area contributed by atoms with Crippen LogP contribution in [0.25, 0.3) is 0 Å². The third kappa shape index (κ3) is 2.61. The van der Waals surface area contributed by atoms with Crippen LogP contribution in [0.4, 0.5) is 11.4 Å². The number of likely N-dealkylation sites (N-methyl/N-ethyl adjacent to an activating group) is 1. The van der Waals surface area contributed by atoms with Crippen LogP contribution in [0.5, 0.6) is 0 Å². The highest BCUT2D eigenvalue weighted by atomic mass is 79.9. The van der Waals surface area contributed by atoms with Crippen LogP contribution in [0.3, 0.4) is 0 Å². The van der Waals surface area contributed by atoms with Gasteiger partial charge in [-0.2, -0.15) is 0 Å². The van der Waals surface area contributed by atoms with Gasteiger partial charge in [0.1, 0.15) is 6.04 Å². The van der Waals surface area contributed by atoms with Gasteiger partial charge in [0.2, 0.25) is 5.91 Å². The molecule has 0 spiro atoms. The molecule has 1 heterocycles. The lowest BCUT2D eigenvalue weighted by Gasteiger charge is -2.36. The smallest absolute Gasteiger partial charge is 0.242 e. The Balaban J connectivity index is 2.30. The van der Waals surface area contributed by atoms with Crippen LogP contribution in [0, 0.1) is 0 Å². The predicted octanol–water partition coefficient (Wildman–Crippen LogP) is 2.14. The molecule has 1 fully saturated rings. The van der Waals surface area contributed by atoms with E-state index in [1.54, 1.807) is 7.05 Å². The average molecular weight is 312 g/mol. The molecular formula is C13H18BrN3O. The predicted molar refractivity (Wildman–Crippen MR) is 77.6 cm³/mol. The van der Waals surface area contributed by atoms with Crippen molar-refractivity contribution in [3.8, 4) is 0 Å². The fourth-order valence-electron chi connectivity index (χ4n) is 2.45. The maximum absolute atomic E-state index is 11.9. The minimum absolute atomic E-state index is 0.0667. The summed E-state index contributed by atoms with van der Waals surface area (Å²) in [5.41, 5.74) is 7.71. The summed E-state index contributed by atoms with van der Waals surface area (Å²) in [4.78, 5) is 14.0. The van der Waals surface area contributed by atoms with E-state index in [9.17, 15) is 4.79 Å². The summed E-state index contributed by atoms with van der Waals surface area (Å²) < 4.78 is 0.956. The second-order valence-corrected chi connectivity index (χ2v) is 5.44. The van der Waals surface area contributed by atoms with Gasteiger partial charge in [-0.1, -0.05) is 15.9 Å². The van der Waals surface area contributed by atoms with Crippen molar-refractivity contribution in [1.82, 2.24) is 5.32 Å². The van der Waals surface area contributed by atoms with Gasteiger partial charge in [0.25, 0.3) is 0 Å². The molecule has 0 bridgehead atoms. The van der Waals surface area contributed by atoms with Crippen molar-refractivity contribution in [3.05, 3.63) is 22.7 Å². The summed E-state index contributed by atoms with van der Waals surface area (Å²) in [6, 6.07) is 5.71. The summed E-state index contributed by atoms with van der Waals surface area (Å²) >= 11 is 3.40. The number of nitrogens with one attached hydrogen (secondary N) is 1. The number of benzene rings is 1. The van der Waals surface area contributed by atoms with Crippen molar-refractivity contribution < 1.29 is 4.79 Å². The van der Waals surface area contributed by atoms with Crippen LogP contribution < -0.4 is 16.0 Å². The Hall–Kier alpha value is -1.23. The first-order chi connectivity index (χ1) is 8.63. The number of nitrogens with two attached hydrogens (primary N) is 1. The maximum atomic E-state index is 11.9. The van der Waals surface area contributed by atoms with Crippen LogP contribution in [0.15, 0.2) is 22.7 Å². The zero-order valence-corrected chi connectivity index (χ0v) is 12.0. The van der Waals surface area contributed by atoms with E-state index in [1.165, 1.54) is 0 Å². The second-order valence-electron chi connectivity index (χ2n) is 4.52. The molecule has 0 saturated carbocycles. The van der Waals surface area contributed by atoms with E-state index in [-0.39, 0.29) is 11.9 Å². The number of halogens is 1. The van der Waals surface area contributed by atoms with E-state index in [1.807, 2.05) is 18.2 Å². The van der Waals surface area contributed by atoms with E-state index in [2.05, 4.69) is 26.1 Å². The number of amides is 1. The molecule has 4 nitrogen and oxygen atoms in total. The van der Waals surface area contributed by atoms with E-state index in [4.69, 9.17) is 5.73 Å². The third-order valence-corrected chi connectivity index (χ3v) is 3.84. The Morgan fingerprint density at radius 3 is 2.94 bits per heavy atom. The van der Waals surface area contributed by atoms with Crippen molar-refractivity contribution in [2.75, 3.05) is 24.2 Å². The van der Waals surface area contributed by atoms with Crippen molar-refractivity contribution in [2.24, 2.45) is 0 Å². The second kappa shape index (κ2) is 5.61. The molecule has 1 unspecified atom stereocenters. The standard InChI is InChI=1S/C13H18BrN3O/c1-16-13(18)12-4-2-3-7-17(12)11-6-5-9(14)8-10(11)15/h5-6,8,12H,2-4,7,15H2,1H3,(H,16,18). The fraction of sp³-hybridized carbons (Fsp3) is 0.462. The first-order valence-corrected chi connectivity index (χ1v) is 6.96. The molecule has 1 aromatic rings.